The van der Waals surface area contributed by atoms with Gasteiger partial charge in [0.25, 0.3) is 5.91 Å². The highest BCUT2D eigenvalue weighted by molar-refractivity contribution is 6.22. The van der Waals surface area contributed by atoms with E-state index in [0.717, 1.165) is 25.0 Å². The molecule has 0 radical (unpaired) electrons. The quantitative estimate of drug-likeness (QED) is 0.546. The third-order valence-corrected chi connectivity index (χ3v) is 4.66. The molecule has 1 unspecified atom stereocenters. The number of hydrogen-bond acceptors (Lipinski definition) is 4. The molecule has 1 saturated heterocycles. The summed E-state index contributed by atoms with van der Waals surface area (Å²) in [5.41, 5.74) is 1.80. The summed E-state index contributed by atoms with van der Waals surface area (Å²) < 4.78 is 5.63. The minimum Gasteiger partial charge on any atom is -0.494 e. The number of ether oxygens (including phenoxy) is 1. The first-order valence-electron chi connectivity index (χ1n) is 9.56. The van der Waals surface area contributed by atoms with Gasteiger partial charge >= 0.3 is 0 Å². The van der Waals surface area contributed by atoms with E-state index >= 15 is 0 Å². The average Bonchev–Trinajstić information content (AvgIpc) is 2.97. The van der Waals surface area contributed by atoms with Crippen LogP contribution in [0.25, 0.3) is 0 Å². The Hall–Kier alpha value is -2.66. The van der Waals surface area contributed by atoms with Gasteiger partial charge in [0.2, 0.25) is 5.91 Å². The molecule has 1 aliphatic heterocycles. The third-order valence-electron chi connectivity index (χ3n) is 4.66. The molecule has 1 atom stereocenters. The van der Waals surface area contributed by atoms with E-state index in [1.54, 1.807) is 12.1 Å². The van der Waals surface area contributed by atoms with Crippen LogP contribution in [0.4, 0.5) is 5.69 Å². The fourth-order valence-corrected chi connectivity index (χ4v) is 3.12. The molecule has 0 saturated carbocycles. The molecule has 1 aliphatic rings. The first-order chi connectivity index (χ1) is 13.2. The number of nitrogens with zero attached hydrogens (tertiary/aromatic N) is 1. The molecule has 0 bridgehead atoms. The van der Waals surface area contributed by atoms with Crippen LogP contribution >= 0.6 is 0 Å². The average molecular weight is 366 g/mol. The summed E-state index contributed by atoms with van der Waals surface area (Å²) in [4.78, 5) is 26.3. The van der Waals surface area contributed by atoms with Gasteiger partial charge in [0, 0.05) is 0 Å². The number of nitrogens with one attached hydrogen (secondary N) is 1. The predicted molar refractivity (Wildman–Crippen MR) is 106 cm³/mol. The maximum absolute atomic E-state index is 12.7. The number of carbonyl (C=O) groups excluding carboxylic acids is 2. The molecule has 2 aromatic carbocycles. The molecule has 1 N–H and O–H groups in total. The second-order valence-corrected chi connectivity index (χ2v) is 6.71. The zero-order valence-corrected chi connectivity index (χ0v) is 15.7. The Kier molecular flexibility index (Phi) is 6.60. The smallest absolute Gasteiger partial charge is 0.251 e. The normalized spacial score (nSPS) is 16.8. The monoisotopic (exact) mass is 366 g/mol. The maximum Gasteiger partial charge on any atom is 0.251 e. The van der Waals surface area contributed by atoms with Crippen molar-refractivity contribution in [2.75, 3.05) is 18.1 Å². The molecule has 1 heterocycles. The minimum absolute atomic E-state index is 0.170. The summed E-state index contributed by atoms with van der Waals surface area (Å²) >= 11 is 0. The van der Waals surface area contributed by atoms with Gasteiger partial charge in [-0.1, -0.05) is 43.7 Å². The van der Waals surface area contributed by atoms with Crippen LogP contribution in [0.5, 0.6) is 5.75 Å². The van der Waals surface area contributed by atoms with Gasteiger partial charge in [-0.05, 0) is 49.2 Å². The lowest BCUT2D eigenvalue weighted by atomic mass is 10.1. The fourth-order valence-electron chi connectivity index (χ4n) is 3.12. The van der Waals surface area contributed by atoms with E-state index in [1.807, 2.05) is 30.3 Å². The van der Waals surface area contributed by atoms with Gasteiger partial charge in [0.15, 0.2) is 0 Å². The number of carbonyl (C=O) groups is 2. The Bertz CT molecular complexity index is 759. The van der Waals surface area contributed by atoms with Crippen LogP contribution in [0.15, 0.2) is 54.6 Å². The SMILES string of the molecule is CCCCOc1ccc(N2C(=O)CC(NCCc3ccccc3)C2=O)cc1. The molecule has 27 heavy (non-hydrogen) atoms. The van der Waals surface area contributed by atoms with Crippen LogP contribution in [-0.2, 0) is 16.0 Å². The lowest BCUT2D eigenvalue weighted by Gasteiger charge is -2.16. The molecule has 2 aromatic rings. The van der Waals surface area contributed by atoms with E-state index in [-0.39, 0.29) is 18.2 Å². The summed E-state index contributed by atoms with van der Waals surface area (Å²) in [5.74, 6) is 0.397. The Labute approximate surface area is 160 Å². The van der Waals surface area contributed by atoms with Gasteiger partial charge in [0.05, 0.1) is 24.8 Å². The van der Waals surface area contributed by atoms with Gasteiger partial charge in [-0.15, -0.1) is 0 Å². The second-order valence-electron chi connectivity index (χ2n) is 6.71. The predicted octanol–water partition coefficient (Wildman–Crippen LogP) is 3.33. The summed E-state index contributed by atoms with van der Waals surface area (Å²) in [5, 5.41) is 3.22. The van der Waals surface area contributed by atoms with E-state index in [4.69, 9.17) is 4.74 Å². The summed E-state index contributed by atoms with van der Waals surface area (Å²) in [6.45, 7) is 3.44. The second kappa shape index (κ2) is 9.33. The molecule has 1 fully saturated rings. The molecule has 0 spiro atoms. The van der Waals surface area contributed by atoms with Crippen LogP contribution in [0, 0.1) is 0 Å². The van der Waals surface area contributed by atoms with Gasteiger partial charge < -0.3 is 10.1 Å². The van der Waals surface area contributed by atoms with E-state index in [1.165, 1.54) is 10.5 Å². The molecule has 5 nitrogen and oxygen atoms in total. The highest BCUT2D eigenvalue weighted by atomic mass is 16.5. The number of imide groups is 1. The van der Waals surface area contributed by atoms with Crippen molar-refractivity contribution in [3.63, 3.8) is 0 Å². The molecular weight excluding hydrogens is 340 g/mol. The Balaban J connectivity index is 1.55. The van der Waals surface area contributed by atoms with Crippen molar-refractivity contribution in [1.29, 1.82) is 0 Å². The highest BCUT2D eigenvalue weighted by Gasteiger charge is 2.39. The first kappa shape index (κ1) is 19.1. The van der Waals surface area contributed by atoms with Crippen molar-refractivity contribution in [3.05, 3.63) is 60.2 Å². The third kappa shape index (κ3) is 4.95. The Morgan fingerprint density at radius 1 is 1.07 bits per heavy atom. The topological polar surface area (TPSA) is 58.6 Å². The number of amides is 2. The molecule has 5 heteroatoms. The van der Waals surface area contributed by atoms with Gasteiger partial charge in [0.1, 0.15) is 5.75 Å². The summed E-state index contributed by atoms with van der Waals surface area (Å²) in [6.07, 6.45) is 3.10. The lowest BCUT2D eigenvalue weighted by molar-refractivity contribution is -0.121. The molecular formula is C22H26N2O3. The number of unbranched alkanes of at least 4 members (excludes halogenated alkanes) is 1. The number of hydrogen-bond donors (Lipinski definition) is 1. The summed E-state index contributed by atoms with van der Waals surface area (Å²) in [7, 11) is 0. The van der Waals surface area contributed by atoms with E-state index in [2.05, 4.69) is 24.4 Å². The molecule has 0 aromatic heterocycles. The van der Waals surface area contributed by atoms with Crippen LogP contribution in [0.2, 0.25) is 0 Å². The standard InChI is InChI=1S/C22H26N2O3/c1-2-3-15-27-19-11-9-18(10-12-19)24-21(25)16-20(22(24)26)23-14-13-17-7-5-4-6-8-17/h4-12,20,23H,2-3,13-16H2,1H3. The van der Waals surface area contributed by atoms with Crippen molar-refractivity contribution >= 4 is 17.5 Å². The van der Waals surface area contributed by atoms with Crippen molar-refractivity contribution < 1.29 is 14.3 Å². The van der Waals surface area contributed by atoms with E-state index in [9.17, 15) is 9.59 Å². The van der Waals surface area contributed by atoms with Crippen LogP contribution < -0.4 is 15.0 Å². The zero-order valence-electron chi connectivity index (χ0n) is 15.7. The zero-order chi connectivity index (χ0) is 19.1. The van der Waals surface area contributed by atoms with Crippen molar-refractivity contribution in [3.8, 4) is 5.75 Å². The maximum atomic E-state index is 12.7. The minimum atomic E-state index is -0.457. The number of anilines is 1. The van der Waals surface area contributed by atoms with E-state index < -0.39 is 6.04 Å². The lowest BCUT2D eigenvalue weighted by Crippen LogP contribution is -2.39. The van der Waals surface area contributed by atoms with Gasteiger partial charge in [-0.25, -0.2) is 4.90 Å². The first-order valence-corrected chi connectivity index (χ1v) is 9.56. The van der Waals surface area contributed by atoms with Crippen LogP contribution in [0.1, 0.15) is 31.7 Å². The molecule has 0 aliphatic carbocycles. The van der Waals surface area contributed by atoms with Crippen molar-refractivity contribution in [2.45, 2.75) is 38.6 Å². The molecule has 142 valence electrons. The molecule has 2 amide bonds. The largest absolute Gasteiger partial charge is 0.494 e. The Morgan fingerprint density at radius 3 is 2.52 bits per heavy atom. The van der Waals surface area contributed by atoms with Crippen molar-refractivity contribution in [1.82, 2.24) is 5.32 Å². The van der Waals surface area contributed by atoms with Crippen molar-refractivity contribution in [2.24, 2.45) is 0 Å². The highest BCUT2D eigenvalue weighted by Crippen LogP contribution is 2.25. The Morgan fingerprint density at radius 2 is 1.81 bits per heavy atom. The summed E-state index contributed by atoms with van der Waals surface area (Å²) in [6, 6.07) is 16.8. The van der Waals surface area contributed by atoms with Gasteiger partial charge in [-0.2, -0.15) is 0 Å². The van der Waals surface area contributed by atoms with Crippen LogP contribution in [0.3, 0.4) is 0 Å². The fraction of sp³-hybridized carbons (Fsp3) is 0.364. The van der Waals surface area contributed by atoms with Gasteiger partial charge in [-0.3, -0.25) is 9.59 Å². The number of rotatable bonds is 9. The van der Waals surface area contributed by atoms with Crippen LogP contribution in [-0.4, -0.2) is 31.0 Å². The van der Waals surface area contributed by atoms with E-state index in [0.29, 0.717) is 18.8 Å². The number of benzene rings is 2. The molecule has 3 rings (SSSR count).